The van der Waals surface area contributed by atoms with E-state index in [0.29, 0.717) is 5.82 Å². The zero-order valence-electron chi connectivity index (χ0n) is 10.1. The third-order valence-corrected chi connectivity index (χ3v) is 2.77. The third kappa shape index (κ3) is 3.51. The summed E-state index contributed by atoms with van der Waals surface area (Å²) in [6.07, 6.45) is 6.95. The molecule has 2 heterocycles. The SMILES string of the molecule is NNC(Cc1cccnc1)Cc1ccnc(N)c1. The van der Waals surface area contributed by atoms with Gasteiger partial charge in [-0.05, 0) is 42.2 Å². The van der Waals surface area contributed by atoms with Gasteiger partial charge < -0.3 is 5.73 Å². The predicted molar refractivity (Wildman–Crippen MR) is 71.4 cm³/mol. The first kappa shape index (κ1) is 12.5. The Morgan fingerprint density at radius 3 is 2.67 bits per heavy atom. The van der Waals surface area contributed by atoms with Crippen LogP contribution in [0.1, 0.15) is 11.1 Å². The maximum atomic E-state index is 5.66. The minimum Gasteiger partial charge on any atom is -0.384 e. The Kier molecular flexibility index (Phi) is 4.22. The molecule has 18 heavy (non-hydrogen) atoms. The van der Waals surface area contributed by atoms with Crippen LogP contribution in [0.25, 0.3) is 0 Å². The van der Waals surface area contributed by atoms with Gasteiger partial charge in [0.05, 0.1) is 0 Å². The first-order valence-electron chi connectivity index (χ1n) is 5.83. The van der Waals surface area contributed by atoms with Crippen LogP contribution in [0.5, 0.6) is 0 Å². The molecule has 0 saturated carbocycles. The number of nitrogens with zero attached hydrogens (tertiary/aromatic N) is 2. The molecule has 0 fully saturated rings. The standard InChI is InChI=1S/C13H17N5/c14-13-8-10(3-5-17-13)6-12(18-15)7-11-2-1-4-16-9-11/h1-5,8-9,12,18H,6-7,15H2,(H2,14,17). The average molecular weight is 243 g/mol. The van der Waals surface area contributed by atoms with Crippen molar-refractivity contribution in [1.82, 2.24) is 15.4 Å². The molecule has 5 N–H and O–H groups in total. The van der Waals surface area contributed by atoms with Gasteiger partial charge in [-0.3, -0.25) is 16.3 Å². The van der Waals surface area contributed by atoms with Crippen LogP contribution in [0.15, 0.2) is 42.9 Å². The van der Waals surface area contributed by atoms with Crippen LogP contribution in [-0.2, 0) is 12.8 Å². The molecule has 0 aliphatic rings. The second kappa shape index (κ2) is 6.09. The third-order valence-electron chi connectivity index (χ3n) is 2.77. The molecule has 0 spiro atoms. The van der Waals surface area contributed by atoms with Gasteiger partial charge in [0.2, 0.25) is 0 Å². The van der Waals surface area contributed by atoms with Gasteiger partial charge in [0.25, 0.3) is 0 Å². The van der Waals surface area contributed by atoms with E-state index >= 15 is 0 Å². The Bertz CT molecular complexity index is 486. The first-order valence-corrected chi connectivity index (χ1v) is 5.83. The van der Waals surface area contributed by atoms with Crippen LogP contribution in [-0.4, -0.2) is 16.0 Å². The lowest BCUT2D eigenvalue weighted by Crippen LogP contribution is -2.38. The smallest absolute Gasteiger partial charge is 0.123 e. The highest BCUT2D eigenvalue weighted by molar-refractivity contribution is 5.32. The Hall–Kier alpha value is -1.98. The lowest BCUT2D eigenvalue weighted by molar-refractivity contribution is 0.522. The molecule has 0 aliphatic heterocycles. The summed E-state index contributed by atoms with van der Waals surface area (Å²) in [5.41, 5.74) is 10.8. The van der Waals surface area contributed by atoms with Gasteiger partial charge >= 0.3 is 0 Å². The molecule has 0 saturated heterocycles. The lowest BCUT2D eigenvalue weighted by Gasteiger charge is -2.15. The summed E-state index contributed by atoms with van der Waals surface area (Å²) in [5.74, 6) is 6.12. The number of nitrogens with two attached hydrogens (primary N) is 2. The molecule has 0 bridgehead atoms. The Balaban J connectivity index is 2.01. The van der Waals surface area contributed by atoms with Crippen LogP contribution in [0.3, 0.4) is 0 Å². The molecular weight excluding hydrogens is 226 g/mol. The molecule has 5 heteroatoms. The summed E-state index contributed by atoms with van der Waals surface area (Å²) >= 11 is 0. The summed E-state index contributed by atoms with van der Waals surface area (Å²) in [4.78, 5) is 8.07. The van der Waals surface area contributed by atoms with Crippen molar-refractivity contribution in [3.8, 4) is 0 Å². The molecule has 0 aromatic carbocycles. The summed E-state index contributed by atoms with van der Waals surface area (Å²) in [5, 5.41) is 0. The van der Waals surface area contributed by atoms with E-state index in [2.05, 4.69) is 15.4 Å². The highest BCUT2D eigenvalue weighted by atomic mass is 15.2. The molecule has 1 unspecified atom stereocenters. The van der Waals surface area contributed by atoms with Gasteiger partial charge in [-0.25, -0.2) is 4.98 Å². The van der Waals surface area contributed by atoms with Crippen molar-refractivity contribution in [2.24, 2.45) is 5.84 Å². The van der Waals surface area contributed by atoms with Gasteiger partial charge in [0.15, 0.2) is 0 Å². The van der Waals surface area contributed by atoms with Gasteiger partial charge in [0, 0.05) is 24.6 Å². The van der Waals surface area contributed by atoms with E-state index in [0.717, 1.165) is 24.0 Å². The van der Waals surface area contributed by atoms with Crippen LogP contribution in [0, 0.1) is 0 Å². The molecule has 2 aromatic heterocycles. The molecule has 0 aliphatic carbocycles. The number of hydrogen-bond donors (Lipinski definition) is 3. The fraction of sp³-hybridized carbons (Fsp3) is 0.231. The number of anilines is 1. The predicted octanol–water partition coefficient (Wildman–Crippen LogP) is 0.676. The van der Waals surface area contributed by atoms with Crippen molar-refractivity contribution < 1.29 is 0 Å². The average Bonchev–Trinajstić information content (AvgIpc) is 2.39. The zero-order valence-corrected chi connectivity index (χ0v) is 10.1. The minimum atomic E-state index is 0.149. The number of aromatic nitrogens is 2. The van der Waals surface area contributed by atoms with Crippen molar-refractivity contribution in [1.29, 1.82) is 0 Å². The lowest BCUT2D eigenvalue weighted by atomic mass is 10.0. The van der Waals surface area contributed by atoms with Gasteiger partial charge in [-0.1, -0.05) is 6.07 Å². The first-order chi connectivity index (χ1) is 8.78. The van der Waals surface area contributed by atoms with E-state index in [4.69, 9.17) is 11.6 Å². The van der Waals surface area contributed by atoms with E-state index in [-0.39, 0.29) is 6.04 Å². The molecule has 2 aromatic rings. The van der Waals surface area contributed by atoms with Crippen LogP contribution in [0.4, 0.5) is 5.82 Å². The summed E-state index contributed by atoms with van der Waals surface area (Å²) in [7, 11) is 0. The summed E-state index contributed by atoms with van der Waals surface area (Å²) in [6.45, 7) is 0. The van der Waals surface area contributed by atoms with Crippen LogP contribution in [0.2, 0.25) is 0 Å². The highest BCUT2D eigenvalue weighted by Crippen LogP contribution is 2.09. The van der Waals surface area contributed by atoms with Crippen molar-refractivity contribution in [2.75, 3.05) is 5.73 Å². The summed E-state index contributed by atoms with van der Waals surface area (Å²) < 4.78 is 0. The molecule has 1 atom stereocenters. The number of nitrogens with one attached hydrogen (secondary N) is 1. The maximum absolute atomic E-state index is 5.66. The molecular formula is C13H17N5. The van der Waals surface area contributed by atoms with Gasteiger partial charge in [0.1, 0.15) is 5.82 Å². The van der Waals surface area contributed by atoms with Crippen LogP contribution < -0.4 is 17.0 Å². The molecule has 2 rings (SSSR count). The van der Waals surface area contributed by atoms with Crippen molar-refractivity contribution in [3.63, 3.8) is 0 Å². The van der Waals surface area contributed by atoms with Gasteiger partial charge in [-0.15, -0.1) is 0 Å². The minimum absolute atomic E-state index is 0.149. The van der Waals surface area contributed by atoms with Crippen LogP contribution >= 0.6 is 0 Å². The topological polar surface area (TPSA) is 89.8 Å². The molecule has 0 amide bonds. The van der Waals surface area contributed by atoms with E-state index in [1.807, 2.05) is 30.5 Å². The monoisotopic (exact) mass is 243 g/mol. The number of rotatable bonds is 5. The largest absolute Gasteiger partial charge is 0.384 e. The van der Waals surface area contributed by atoms with E-state index < -0.39 is 0 Å². The zero-order chi connectivity index (χ0) is 12.8. The Morgan fingerprint density at radius 2 is 2.00 bits per heavy atom. The van der Waals surface area contributed by atoms with E-state index in [9.17, 15) is 0 Å². The van der Waals surface area contributed by atoms with Gasteiger partial charge in [-0.2, -0.15) is 0 Å². The van der Waals surface area contributed by atoms with E-state index in [1.54, 1.807) is 12.4 Å². The van der Waals surface area contributed by atoms with Crippen molar-refractivity contribution in [2.45, 2.75) is 18.9 Å². The Morgan fingerprint density at radius 1 is 1.17 bits per heavy atom. The number of pyridine rings is 2. The summed E-state index contributed by atoms with van der Waals surface area (Å²) in [6, 6.07) is 7.93. The Labute approximate surface area is 106 Å². The normalized spacial score (nSPS) is 12.3. The second-order valence-electron chi connectivity index (χ2n) is 4.22. The fourth-order valence-corrected chi connectivity index (χ4v) is 1.90. The number of hydrogen-bond acceptors (Lipinski definition) is 5. The highest BCUT2D eigenvalue weighted by Gasteiger charge is 2.09. The van der Waals surface area contributed by atoms with Crippen molar-refractivity contribution in [3.05, 3.63) is 54.0 Å². The van der Waals surface area contributed by atoms with Crippen molar-refractivity contribution >= 4 is 5.82 Å². The number of hydrazine groups is 1. The molecule has 5 nitrogen and oxygen atoms in total. The maximum Gasteiger partial charge on any atom is 0.123 e. The fourth-order valence-electron chi connectivity index (χ4n) is 1.90. The van der Waals surface area contributed by atoms with E-state index in [1.165, 1.54) is 0 Å². The number of nitrogen functional groups attached to an aromatic ring is 1. The quantitative estimate of drug-likeness (QED) is 0.530. The molecule has 94 valence electrons. The second-order valence-corrected chi connectivity index (χ2v) is 4.22. The molecule has 0 radical (unpaired) electrons.